The molecule has 0 spiro atoms. The topological polar surface area (TPSA) is 40.5 Å². The SMILES string of the molecule is CC1=C(/C=C/C(C)=C/C=C/C(C)=C/C=C/C(C)=C/C=C/C(C)=C/C=C/C(C)=C/C=C/C=C(C)/C=C/C=C(C)/C=C/C=C(C)/C=C/C=C(C)/C=C/C=C(C)/C=C/C2=C(C)CC(O)CC2(C)C)C(C)(C)CC(O)C1. The van der Waals surface area contributed by atoms with Crippen molar-refractivity contribution in [1.82, 2.24) is 0 Å². The maximum atomic E-state index is 10.2. The Morgan fingerprint density at radius 1 is 0.319 bits per heavy atom. The highest BCUT2D eigenvalue weighted by molar-refractivity contribution is 5.41. The second kappa shape index (κ2) is 32.8. The summed E-state index contributed by atoms with van der Waals surface area (Å²) in [5.74, 6) is 0. The molecule has 72 heavy (non-hydrogen) atoms. The Bertz CT molecular complexity index is 2390. The quantitative estimate of drug-likeness (QED) is 0.106. The first-order valence-corrected chi connectivity index (χ1v) is 25.9. The molecule has 2 rings (SSSR count). The van der Waals surface area contributed by atoms with Gasteiger partial charge >= 0.3 is 0 Å². The molecule has 2 aliphatic rings. The van der Waals surface area contributed by atoms with Crippen molar-refractivity contribution in [1.29, 1.82) is 0 Å². The zero-order chi connectivity index (χ0) is 53.7. The number of hydrogen-bond acceptors (Lipinski definition) is 2. The van der Waals surface area contributed by atoms with Crippen LogP contribution in [0, 0.1) is 10.8 Å². The molecular weight excluding hydrogens is 873 g/mol. The molecule has 0 radical (unpaired) electrons. The molecule has 384 valence electrons. The van der Waals surface area contributed by atoms with Gasteiger partial charge in [0.1, 0.15) is 0 Å². The van der Waals surface area contributed by atoms with Crippen LogP contribution in [0.3, 0.4) is 0 Å². The standard InChI is InChI=1S/C70H92O2/c1-53(29-19-31-55(3)33-21-35-57(5)37-23-39-59(7)41-25-43-61(9)45-47-67-63(11)49-65(71)51-69(67,13)14)27-17-18-28-54(2)30-20-32-56(4)34-22-36-58(6)38-24-40-60(8)42-26-44-62(10)46-48-68-64(12)50-66(72)52-70(68,15)16/h17-48,65-66,71-72H,49-52H2,1-16H3/b18-17+,29-19+,30-20+,33-21+,34-22+,37-23+,38-24+,41-25+,42-26+,47-45+,48-46+,53-27+,54-28+,55-31+,56-32+,57-35+,58-36+,59-39+,60-40+,61-43+,62-44+. The van der Waals surface area contributed by atoms with Gasteiger partial charge in [0, 0.05) is 0 Å². The highest BCUT2D eigenvalue weighted by Crippen LogP contribution is 2.42. The van der Waals surface area contributed by atoms with Crippen molar-refractivity contribution in [3.8, 4) is 0 Å². The van der Waals surface area contributed by atoms with E-state index in [1.807, 2.05) is 0 Å². The van der Waals surface area contributed by atoms with Gasteiger partial charge in [-0.2, -0.15) is 0 Å². The minimum atomic E-state index is -0.236. The van der Waals surface area contributed by atoms with Crippen LogP contribution in [-0.4, -0.2) is 22.4 Å². The van der Waals surface area contributed by atoms with Crippen LogP contribution in [-0.2, 0) is 0 Å². The average molecular weight is 966 g/mol. The molecule has 2 heteroatoms. The first kappa shape index (κ1) is 62.1. The zero-order valence-electron chi connectivity index (χ0n) is 47.4. The Balaban J connectivity index is 1.80. The maximum absolute atomic E-state index is 10.2. The lowest BCUT2D eigenvalue weighted by Gasteiger charge is -2.35. The fraction of sp³-hybridized carbons (Fsp3) is 0.343. The normalized spacial score (nSPS) is 21.9. The van der Waals surface area contributed by atoms with Crippen molar-refractivity contribution in [2.75, 3.05) is 0 Å². The van der Waals surface area contributed by atoms with Crippen LogP contribution < -0.4 is 0 Å². The van der Waals surface area contributed by atoms with Gasteiger partial charge in [0.25, 0.3) is 0 Å². The third kappa shape index (κ3) is 27.0. The Hall–Kier alpha value is -6.06. The minimum Gasteiger partial charge on any atom is -0.393 e. The van der Waals surface area contributed by atoms with Crippen molar-refractivity contribution >= 4 is 0 Å². The Labute approximate surface area is 440 Å². The summed E-state index contributed by atoms with van der Waals surface area (Å²) < 4.78 is 0. The van der Waals surface area contributed by atoms with E-state index in [2.05, 4.69) is 305 Å². The molecule has 0 fully saturated rings. The Morgan fingerprint density at radius 2 is 0.500 bits per heavy atom. The average Bonchev–Trinajstić information content (AvgIpc) is 3.26. The van der Waals surface area contributed by atoms with E-state index in [0.717, 1.165) is 25.7 Å². The van der Waals surface area contributed by atoms with Gasteiger partial charge in [0.15, 0.2) is 0 Å². The van der Waals surface area contributed by atoms with Gasteiger partial charge in [-0.15, -0.1) is 0 Å². The monoisotopic (exact) mass is 965 g/mol. The minimum absolute atomic E-state index is 0.00605. The molecule has 0 amide bonds. The summed E-state index contributed by atoms with van der Waals surface area (Å²) in [6, 6.07) is 0. The molecule has 2 aliphatic carbocycles. The van der Waals surface area contributed by atoms with Crippen molar-refractivity contribution < 1.29 is 10.2 Å². The van der Waals surface area contributed by atoms with Crippen molar-refractivity contribution in [3.63, 3.8) is 0 Å². The highest BCUT2D eigenvalue weighted by Gasteiger charge is 2.32. The van der Waals surface area contributed by atoms with E-state index >= 15 is 0 Å². The summed E-state index contributed by atoms with van der Waals surface area (Å²) in [5.41, 5.74) is 17.1. The smallest absolute Gasteiger partial charge is 0.0585 e. The molecule has 0 aromatic heterocycles. The summed E-state index contributed by atoms with van der Waals surface area (Å²) in [5, 5.41) is 20.3. The molecule has 2 atom stereocenters. The lowest BCUT2D eigenvalue weighted by molar-refractivity contribution is 0.116. The molecular formula is C70H92O2. The van der Waals surface area contributed by atoms with Gasteiger partial charge in [-0.1, -0.05) is 289 Å². The van der Waals surface area contributed by atoms with E-state index in [-0.39, 0.29) is 23.0 Å². The van der Waals surface area contributed by atoms with Crippen LogP contribution in [0.25, 0.3) is 0 Å². The predicted molar refractivity (Wildman–Crippen MR) is 322 cm³/mol. The summed E-state index contributed by atoms with van der Waals surface area (Å²) in [4.78, 5) is 0. The number of hydrogen-bond donors (Lipinski definition) is 2. The third-order valence-electron chi connectivity index (χ3n) is 12.6. The van der Waals surface area contributed by atoms with Crippen LogP contribution >= 0.6 is 0 Å². The second-order valence-electron chi connectivity index (χ2n) is 21.3. The first-order chi connectivity index (χ1) is 34.0. The summed E-state index contributed by atoms with van der Waals surface area (Å²) in [6.45, 7) is 34.3. The van der Waals surface area contributed by atoms with Gasteiger partial charge in [-0.3, -0.25) is 0 Å². The summed E-state index contributed by atoms with van der Waals surface area (Å²) >= 11 is 0. The Morgan fingerprint density at radius 3 is 0.694 bits per heavy atom. The lowest BCUT2D eigenvalue weighted by Crippen LogP contribution is -2.28. The van der Waals surface area contributed by atoms with Crippen LogP contribution in [0.4, 0.5) is 0 Å². The van der Waals surface area contributed by atoms with Crippen LogP contribution in [0.1, 0.15) is 136 Å². The number of rotatable bonds is 22. The fourth-order valence-electron chi connectivity index (χ4n) is 8.57. The van der Waals surface area contributed by atoms with Gasteiger partial charge in [0.05, 0.1) is 12.2 Å². The predicted octanol–water partition coefficient (Wildman–Crippen LogP) is 19.6. The van der Waals surface area contributed by atoms with Crippen molar-refractivity contribution in [3.05, 3.63) is 272 Å². The van der Waals surface area contributed by atoms with Crippen LogP contribution in [0.2, 0.25) is 0 Å². The molecule has 0 aromatic rings. The molecule has 2 nitrogen and oxygen atoms in total. The number of allylic oxidation sites excluding steroid dienone is 44. The zero-order valence-corrected chi connectivity index (χ0v) is 47.4. The highest BCUT2D eigenvalue weighted by atomic mass is 16.3. The molecule has 0 saturated heterocycles. The molecule has 0 aliphatic heterocycles. The molecule has 2 N–H and O–H groups in total. The van der Waals surface area contributed by atoms with Crippen LogP contribution in [0.15, 0.2) is 272 Å². The number of aliphatic hydroxyl groups is 2. The summed E-state index contributed by atoms with van der Waals surface area (Å²) in [6.07, 6.45) is 70.7. The first-order valence-electron chi connectivity index (χ1n) is 25.9. The van der Waals surface area contributed by atoms with Gasteiger partial charge in [-0.05, 0) is 131 Å². The van der Waals surface area contributed by atoms with E-state index in [0.29, 0.717) is 0 Å². The van der Waals surface area contributed by atoms with Gasteiger partial charge in [-0.25, -0.2) is 0 Å². The Kier molecular flexibility index (Phi) is 28.3. The molecule has 0 saturated carbocycles. The number of aliphatic hydroxyl groups excluding tert-OH is 2. The second-order valence-corrected chi connectivity index (χ2v) is 21.3. The largest absolute Gasteiger partial charge is 0.393 e. The third-order valence-corrected chi connectivity index (χ3v) is 12.6. The van der Waals surface area contributed by atoms with E-state index in [9.17, 15) is 10.2 Å². The van der Waals surface area contributed by atoms with E-state index in [4.69, 9.17) is 0 Å². The molecule has 0 heterocycles. The van der Waals surface area contributed by atoms with E-state index in [1.54, 1.807) is 0 Å². The molecule has 0 bridgehead atoms. The fourth-order valence-corrected chi connectivity index (χ4v) is 8.57. The van der Waals surface area contributed by atoms with Gasteiger partial charge < -0.3 is 10.2 Å². The van der Waals surface area contributed by atoms with E-state index < -0.39 is 0 Å². The summed E-state index contributed by atoms with van der Waals surface area (Å²) in [7, 11) is 0. The van der Waals surface area contributed by atoms with Crippen LogP contribution in [0.5, 0.6) is 0 Å². The van der Waals surface area contributed by atoms with E-state index in [1.165, 1.54) is 78.0 Å². The molecule has 0 aromatic carbocycles. The van der Waals surface area contributed by atoms with Crippen molar-refractivity contribution in [2.24, 2.45) is 10.8 Å². The molecule has 2 unspecified atom stereocenters. The maximum Gasteiger partial charge on any atom is 0.0585 e. The van der Waals surface area contributed by atoms with Gasteiger partial charge in [0.2, 0.25) is 0 Å². The lowest BCUT2D eigenvalue weighted by atomic mass is 9.71. The van der Waals surface area contributed by atoms with Crippen molar-refractivity contribution in [2.45, 2.75) is 149 Å².